The SMILES string of the molecule is CCc1cnccc1-c1noc(C(CC)C(C)NC)n1. The summed E-state index contributed by atoms with van der Waals surface area (Å²) in [6.45, 7) is 6.35. The van der Waals surface area contributed by atoms with Crippen LogP contribution in [0.25, 0.3) is 11.4 Å². The zero-order valence-corrected chi connectivity index (χ0v) is 12.6. The fourth-order valence-electron chi connectivity index (χ4n) is 2.37. The molecule has 0 aliphatic carbocycles. The third-order valence-corrected chi connectivity index (χ3v) is 3.78. The van der Waals surface area contributed by atoms with Crippen molar-refractivity contribution in [3.05, 3.63) is 29.9 Å². The highest BCUT2D eigenvalue weighted by Gasteiger charge is 2.23. The maximum Gasteiger partial charge on any atom is 0.231 e. The Morgan fingerprint density at radius 2 is 2.15 bits per heavy atom. The summed E-state index contributed by atoms with van der Waals surface area (Å²) in [5.74, 6) is 1.58. The highest BCUT2D eigenvalue weighted by atomic mass is 16.5. The van der Waals surface area contributed by atoms with E-state index in [9.17, 15) is 0 Å². The summed E-state index contributed by atoms with van der Waals surface area (Å²) >= 11 is 0. The first-order chi connectivity index (χ1) is 9.71. The van der Waals surface area contributed by atoms with Gasteiger partial charge in [-0.05, 0) is 38.4 Å². The van der Waals surface area contributed by atoms with E-state index in [1.807, 2.05) is 19.3 Å². The molecule has 5 nitrogen and oxygen atoms in total. The molecule has 2 heterocycles. The molecule has 0 spiro atoms. The van der Waals surface area contributed by atoms with Crippen LogP contribution in [0, 0.1) is 0 Å². The molecule has 2 unspecified atom stereocenters. The minimum atomic E-state index is 0.230. The minimum absolute atomic E-state index is 0.230. The van der Waals surface area contributed by atoms with Crippen molar-refractivity contribution in [1.82, 2.24) is 20.4 Å². The molecule has 0 aliphatic heterocycles. The molecule has 5 heteroatoms. The monoisotopic (exact) mass is 274 g/mol. The Morgan fingerprint density at radius 1 is 1.35 bits per heavy atom. The second kappa shape index (κ2) is 6.61. The standard InChI is InChI=1S/C15H22N4O/c1-5-11-9-17-8-7-13(11)14-18-15(20-19-14)12(6-2)10(3)16-4/h7-10,12,16H,5-6H2,1-4H3. The van der Waals surface area contributed by atoms with Crippen LogP contribution in [-0.2, 0) is 6.42 Å². The molecule has 108 valence electrons. The Labute approximate surface area is 119 Å². The van der Waals surface area contributed by atoms with Crippen molar-refractivity contribution in [2.45, 2.75) is 45.6 Å². The number of aromatic nitrogens is 3. The molecule has 0 fully saturated rings. The maximum atomic E-state index is 5.47. The minimum Gasteiger partial charge on any atom is -0.339 e. The Morgan fingerprint density at radius 3 is 2.80 bits per heavy atom. The molecule has 0 bridgehead atoms. The molecule has 2 atom stereocenters. The van der Waals surface area contributed by atoms with Crippen LogP contribution in [0.1, 0.15) is 44.6 Å². The molecule has 0 radical (unpaired) electrons. The van der Waals surface area contributed by atoms with Crippen molar-refractivity contribution in [1.29, 1.82) is 0 Å². The Balaban J connectivity index is 2.33. The van der Waals surface area contributed by atoms with Gasteiger partial charge in [0.1, 0.15) is 0 Å². The fraction of sp³-hybridized carbons (Fsp3) is 0.533. The topological polar surface area (TPSA) is 63.8 Å². The summed E-state index contributed by atoms with van der Waals surface area (Å²) in [5.41, 5.74) is 2.14. The van der Waals surface area contributed by atoms with Gasteiger partial charge in [-0.15, -0.1) is 0 Å². The molecule has 0 aliphatic rings. The normalized spacial score (nSPS) is 14.2. The first kappa shape index (κ1) is 14.7. The predicted molar refractivity (Wildman–Crippen MR) is 78.5 cm³/mol. The van der Waals surface area contributed by atoms with Gasteiger partial charge in [0.25, 0.3) is 0 Å². The van der Waals surface area contributed by atoms with E-state index in [0.29, 0.717) is 17.8 Å². The van der Waals surface area contributed by atoms with Crippen LogP contribution in [0.5, 0.6) is 0 Å². The number of nitrogens with one attached hydrogen (secondary N) is 1. The Hall–Kier alpha value is -1.75. The molecule has 0 aromatic carbocycles. The second-order valence-electron chi connectivity index (χ2n) is 4.93. The van der Waals surface area contributed by atoms with Crippen LogP contribution in [0.15, 0.2) is 23.0 Å². The number of aryl methyl sites for hydroxylation is 1. The van der Waals surface area contributed by atoms with E-state index >= 15 is 0 Å². The van der Waals surface area contributed by atoms with Gasteiger partial charge in [-0.3, -0.25) is 4.98 Å². The van der Waals surface area contributed by atoms with E-state index in [-0.39, 0.29) is 5.92 Å². The largest absolute Gasteiger partial charge is 0.339 e. The maximum absolute atomic E-state index is 5.47. The molecule has 0 saturated heterocycles. The molecule has 0 amide bonds. The molecule has 2 aromatic heterocycles. The van der Waals surface area contributed by atoms with E-state index in [1.165, 1.54) is 0 Å². The van der Waals surface area contributed by atoms with Crippen molar-refractivity contribution in [3.63, 3.8) is 0 Å². The zero-order valence-electron chi connectivity index (χ0n) is 12.6. The molecular formula is C15H22N4O. The average Bonchev–Trinajstić information content (AvgIpc) is 2.97. The quantitative estimate of drug-likeness (QED) is 0.877. The fourth-order valence-corrected chi connectivity index (χ4v) is 2.37. The van der Waals surface area contributed by atoms with Crippen LogP contribution in [0.3, 0.4) is 0 Å². The summed E-state index contributed by atoms with van der Waals surface area (Å²) in [7, 11) is 1.95. The smallest absolute Gasteiger partial charge is 0.231 e. The van der Waals surface area contributed by atoms with E-state index in [2.05, 4.69) is 41.2 Å². The highest BCUT2D eigenvalue weighted by molar-refractivity contribution is 5.58. The first-order valence-electron chi connectivity index (χ1n) is 7.15. The summed E-state index contributed by atoms with van der Waals surface area (Å²) in [5, 5.41) is 7.39. The summed E-state index contributed by atoms with van der Waals surface area (Å²) < 4.78 is 5.47. The van der Waals surface area contributed by atoms with E-state index in [0.717, 1.165) is 24.0 Å². The number of rotatable bonds is 6. The summed E-state index contributed by atoms with van der Waals surface area (Å²) in [6.07, 6.45) is 5.48. The van der Waals surface area contributed by atoms with Crippen molar-refractivity contribution in [2.75, 3.05) is 7.05 Å². The lowest BCUT2D eigenvalue weighted by molar-refractivity contribution is 0.322. The number of pyridine rings is 1. The van der Waals surface area contributed by atoms with Gasteiger partial charge in [-0.1, -0.05) is 19.0 Å². The van der Waals surface area contributed by atoms with Crippen molar-refractivity contribution >= 4 is 0 Å². The van der Waals surface area contributed by atoms with Gasteiger partial charge >= 0.3 is 0 Å². The van der Waals surface area contributed by atoms with Crippen molar-refractivity contribution in [3.8, 4) is 11.4 Å². The van der Waals surface area contributed by atoms with Crippen LogP contribution < -0.4 is 5.32 Å². The Bertz CT molecular complexity index is 552. The molecule has 0 saturated carbocycles. The van der Waals surface area contributed by atoms with Gasteiger partial charge in [0.2, 0.25) is 11.7 Å². The average molecular weight is 274 g/mol. The molecule has 1 N–H and O–H groups in total. The number of likely N-dealkylation sites (N-methyl/N-ethyl adjacent to an activating group) is 1. The Kier molecular flexibility index (Phi) is 4.84. The van der Waals surface area contributed by atoms with Gasteiger partial charge < -0.3 is 9.84 Å². The van der Waals surface area contributed by atoms with Crippen molar-refractivity contribution < 1.29 is 4.52 Å². The molecule has 2 rings (SSSR count). The number of nitrogens with zero attached hydrogens (tertiary/aromatic N) is 3. The van der Waals surface area contributed by atoms with Gasteiger partial charge in [0.05, 0.1) is 5.92 Å². The summed E-state index contributed by atoms with van der Waals surface area (Å²) in [4.78, 5) is 8.73. The van der Waals surface area contributed by atoms with Crippen LogP contribution >= 0.6 is 0 Å². The van der Waals surface area contributed by atoms with Gasteiger partial charge in [-0.25, -0.2) is 0 Å². The van der Waals surface area contributed by atoms with Gasteiger partial charge in [0, 0.05) is 24.0 Å². The van der Waals surface area contributed by atoms with E-state index in [1.54, 1.807) is 6.20 Å². The number of hydrogen-bond donors (Lipinski definition) is 1. The third kappa shape index (κ3) is 2.88. The van der Waals surface area contributed by atoms with Crippen LogP contribution in [0.2, 0.25) is 0 Å². The molecule has 2 aromatic rings. The van der Waals surface area contributed by atoms with Crippen molar-refractivity contribution in [2.24, 2.45) is 0 Å². The van der Waals surface area contributed by atoms with E-state index < -0.39 is 0 Å². The zero-order chi connectivity index (χ0) is 14.5. The number of hydrogen-bond acceptors (Lipinski definition) is 5. The second-order valence-corrected chi connectivity index (χ2v) is 4.93. The van der Waals surface area contributed by atoms with Crippen LogP contribution in [-0.4, -0.2) is 28.2 Å². The van der Waals surface area contributed by atoms with Crippen LogP contribution in [0.4, 0.5) is 0 Å². The molecule has 20 heavy (non-hydrogen) atoms. The molecular weight excluding hydrogens is 252 g/mol. The lowest BCUT2D eigenvalue weighted by Crippen LogP contribution is -2.28. The van der Waals surface area contributed by atoms with Gasteiger partial charge in [0.15, 0.2) is 0 Å². The third-order valence-electron chi connectivity index (χ3n) is 3.78. The lowest BCUT2D eigenvalue weighted by atomic mass is 9.98. The highest BCUT2D eigenvalue weighted by Crippen LogP contribution is 2.26. The summed E-state index contributed by atoms with van der Waals surface area (Å²) in [6, 6.07) is 2.24. The predicted octanol–water partition coefficient (Wildman–Crippen LogP) is 2.80. The van der Waals surface area contributed by atoms with Gasteiger partial charge in [-0.2, -0.15) is 4.98 Å². The van der Waals surface area contributed by atoms with E-state index in [4.69, 9.17) is 4.52 Å². The first-order valence-corrected chi connectivity index (χ1v) is 7.15. The lowest BCUT2D eigenvalue weighted by Gasteiger charge is -2.17.